The van der Waals surface area contributed by atoms with Crippen LogP contribution in [-0.2, 0) is 16.1 Å². The molecule has 4 nitrogen and oxygen atoms in total. The number of halogens is 2. The number of likely N-dealkylation sites (N-methyl/N-ethyl adjacent to an activating group) is 1. The number of anilines is 1. The first-order chi connectivity index (χ1) is 11.9. The quantitative estimate of drug-likeness (QED) is 0.773. The van der Waals surface area contributed by atoms with Crippen LogP contribution in [0.2, 0.25) is 10.0 Å². The number of carbonyl (C=O) groups is 2. The van der Waals surface area contributed by atoms with E-state index in [1.165, 1.54) is 17.9 Å². The number of benzene rings is 2. The highest BCUT2D eigenvalue weighted by Gasteiger charge is 2.11. The molecule has 6 heteroatoms. The standard InChI is InChI=1S/C19H18Cl2N2O2/c1-13(24)22-15-9-6-14(7-10-15)8-11-19(25)23(2)12-16-17(20)4-3-5-18(16)21/h3-11H,12H2,1-2H3,(H,22,24)/b11-8+. The number of hydrogen-bond acceptors (Lipinski definition) is 2. The Balaban J connectivity index is 2.00. The van der Waals surface area contributed by atoms with Crippen molar-refractivity contribution in [3.63, 3.8) is 0 Å². The largest absolute Gasteiger partial charge is 0.338 e. The van der Waals surface area contributed by atoms with Gasteiger partial charge in [-0.05, 0) is 35.9 Å². The predicted molar refractivity (Wildman–Crippen MR) is 103 cm³/mol. The molecule has 2 aromatic carbocycles. The lowest BCUT2D eigenvalue weighted by Crippen LogP contribution is -2.24. The zero-order chi connectivity index (χ0) is 18.4. The lowest BCUT2D eigenvalue weighted by Gasteiger charge is -2.17. The summed E-state index contributed by atoms with van der Waals surface area (Å²) in [5.74, 6) is -0.291. The van der Waals surface area contributed by atoms with Crippen LogP contribution in [0, 0.1) is 0 Å². The van der Waals surface area contributed by atoms with Crippen LogP contribution in [0.3, 0.4) is 0 Å². The Hall–Kier alpha value is -2.30. The second-order valence-electron chi connectivity index (χ2n) is 5.53. The second-order valence-corrected chi connectivity index (χ2v) is 6.35. The number of amides is 2. The summed E-state index contributed by atoms with van der Waals surface area (Å²) in [5, 5.41) is 3.75. The molecular weight excluding hydrogens is 359 g/mol. The molecule has 0 aliphatic rings. The van der Waals surface area contributed by atoms with Gasteiger partial charge >= 0.3 is 0 Å². The zero-order valence-electron chi connectivity index (χ0n) is 13.9. The first-order valence-corrected chi connectivity index (χ1v) is 8.36. The van der Waals surface area contributed by atoms with E-state index >= 15 is 0 Å². The molecule has 0 saturated heterocycles. The van der Waals surface area contributed by atoms with Gasteiger partial charge in [0.05, 0.1) is 0 Å². The Morgan fingerprint density at radius 3 is 2.24 bits per heavy atom. The van der Waals surface area contributed by atoms with Crippen molar-refractivity contribution in [1.82, 2.24) is 4.90 Å². The van der Waals surface area contributed by atoms with Gasteiger partial charge in [0, 0.05) is 47.9 Å². The van der Waals surface area contributed by atoms with Crippen molar-refractivity contribution >= 4 is 46.8 Å². The fourth-order valence-corrected chi connectivity index (χ4v) is 2.69. The van der Waals surface area contributed by atoms with Crippen molar-refractivity contribution in [2.45, 2.75) is 13.5 Å². The van der Waals surface area contributed by atoms with Gasteiger partial charge in [-0.25, -0.2) is 0 Å². The van der Waals surface area contributed by atoms with Crippen LogP contribution in [0.1, 0.15) is 18.1 Å². The first-order valence-electron chi connectivity index (χ1n) is 7.60. The summed E-state index contributed by atoms with van der Waals surface area (Å²) in [7, 11) is 1.69. The Morgan fingerprint density at radius 2 is 1.68 bits per heavy atom. The van der Waals surface area contributed by atoms with Crippen molar-refractivity contribution in [3.05, 3.63) is 69.7 Å². The fraction of sp³-hybridized carbons (Fsp3) is 0.158. The van der Waals surface area contributed by atoms with Crippen LogP contribution in [0.5, 0.6) is 0 Å². The van der Waals surface area contributed by atoms with Gasteiger partial charge in [0.1, 0.15) is 0 Å². The summed E-state index contributed by atoms with van der Waals surface area (Å²) in [6.45, 7) is 1.77. The van der Waals surface area contributed by atoms with Crippen LogP contribution in [0.4, 0.5) is 5.69 Å². The average molecular weight is 377 g/mol. The highest BCUT2D eigenvalue weighted by molar-refractivity contribution is 6.36. The number of nitrogens with one attached hydrogen (secondary N) is 1. The molecule has 0 bridgehead atoms. The van der Waals surface area contributed by atoms with Gasteiger partial charge in [-0.1, -0.05) is 41.4 Å². The Bertz CT molecular complexity index is 781. The van der Waals surface area contributed by atoms with Gasteiger partial charge in [-0.3, -0.25) is 9.59 Å². The molecule has 2 amide bonds. The average Bonchev–Trinajstić information content (AvgIpc) is 2.56. The predicted octanol–water partition coefficient (Wildman–Crippen LogP) is 4.62. The van der Waals surface area contributed by atoms with E-state index in [-0.39, 0.29) is 11.8 Å². The van der Waals surface area contributed by atoms with Crippen LogP contribution >= 0.6 is 23.2 Å². The van der Waals surface area contributed by atoms with E-state index in [9.17, 15) is 9.59 Å². The number of rotatable bonds is 5. The summed E-state index contributed by atoms with van der Waals surface area (Å²) in [5.41, 5.74) is 2.28. The monoisotopic (exact) mass is 376 g/mol. The van der Waals surface area contributed by atoms with Crippen LogP contribution in [0.15, 0.2) is 48.5 Å². The summed E-state index contributed by atoms with van der Waals surface area (Å²) in [4.78, 5) is 24.8. The topological polar surface area (TPSA) is 49.4 Å². The first kappa shape index (κ1) is 19.0. The SMILES string of the molecule is CC(=O)Nc1ccc(/C=C/C(=O)N(C)Cc2c(Cl)cccc2Cl)cc1. The minimum Gasteiger partial charge on any atom is -0.338 e. The van der Waals surface area contributed by atoms with E-state index in [0.717, 1.165) is 11.1 Å². The maximum atomic E-state index is 12.3. The van der Waals surface area contributed by atoms with E-state index in [1.807, 2.05) is 12.1 Å². The second kappa shape index (κ2) is 8.70. The van der Waals surface area contributed by atoms with Crippen LogP contribution < -0.4 is 5.32 Å². The van der Waals surface area contributed by atoms with Gasteiger partial charge < -0.3 is 10.2 Å². The van der Waals surface area contributed by atoms with Crippen molar-refractivity contribution in [2.75, 3.05) is 12.4 Å². The van der Waals surface area contributed by atoms with Crippen LogP contribution in [-0.4, -0.2) is 23.8 Å². The van der Waals surface area contributed by atoms with Gasteiger partial charge in [-0.2, -0.15) is 0 Å². The number of nitrogens with zero attached hydrogens (tertiary/aromatic N) is 1. The van der Waals surface area contributed by atoms with E-state index in [0.29, 0.717) is 22.3 Å². The molecule has 0 aliphatic heterocycles. The summed E-state index contributed by atoms with van der Waals surface area (Å²) in [6, 6.07) is 12.4. The van der Waals surface area contributed by atoms with E-state index in [1.54, 1.807) is 43.5 Å². The van der Waals surface area contributed by atoms with Crippen molar-refractivity contribution < 1.29 is 9.59 Å². The molecule has 0 aromatic heterocycles. The third kappa shape index (κ3) is 5.62. The summed E-state index contributed by atoms with van der Waals surface area (Å²) < 4.78 is 0. The van der Waals surface area contributed by atoms with Gasteiger partial charge in [0.25, 0.3) is 0 Å². The van der Waals surface area contributed by atoms with Gasteiger partial charge in [-0.15, -0.1) is 0 Å². The number of hydrogen-bond donors (Lipinski definition) is 1. The Morgan fingerprint density at radius 1 is 1.08 bits per heavy atom. The van der Waals surface area contributed by atoms with E-state index in [2.05, 4.69) is 5.32 Å². The highest BCUT2D eigenvalue weighted by Crippen LogP contribution is 2.25. The molecule has 130 valence electrons. The third-order valence-electron chi connectivity index (χ3n) is 3.48. The van der Waals surface area contributed by atoms with E-state index in [4.69, 9.17) is 23.2 Å². The fourth-order valence-electron chi connectivity index (χ4n) is 2.17. The molecule has 0 radical (unpaired) electrons. The molecule has 0 saturated carbocycles. The molecule has 0 unspecified atom stereocenters. The van der Waals surface area contributed by atoms with E-state index < -0.39 is 0 Å². The maximum absolute atomic E-state index is 12.3. The molecule has 25 heavy (non-hydrogen) atoms. The van der Waals surface area contributed by atoms with Gasteiger partial charge in [0.15, 0.2) is 0 Å². The molecular formula is C19H18Cl2N2O2. The Kier molecular flexibility index (Phi) is 6.62. The van der Waals surface area contributed by atoms with Crippen molar-refractivity contribution in [3.8, 4) is 0 Å². The molecule has 0 aliphatic carbocycles. The minimum absolute atomic E-state index is 0.127. The number of carbonyl (C=O) groups excluding carboxylic acids is 2. The molecule has 0 atom stereocenters. The smallest absolute Gasteiger partial charge is 0.246 e. The lowest BCUT2D eigenvalue weighted by atomic mass is 10.2. The lowest BCUT2D eigenvalue weighted by molar-refractivity contribution is -0.125. The molecule has 0 heterocycles. The zero-order valence-corrected chi connectivity index (χ0v) is 15.4. The van der Waals surface area contributed by atoms with Crippen molar-refractivity contribution in [1.29, 1.82) is 0 Å². The molecule has 2 aromatic rings. The molecule has 0 spiro atoms. The molecule has 0 fully saturated rings. The summed E-state index contributed by atoms with van der Waals surface area (Å²) in [6.07, 6.45) is 3.20. The normalized spacial score (nSPS) is 10.7. The summed E-state index contributed by atoms with van der Waals surface area (Å²) >= 11 is 12.3. The van der Waals surface area contributed by atoms with Gasteiger partial charge in [0.2, 0.25) is 11.8 Å². The van der Waals surface area contributed by atoms with Crippen LogP contribution in [0.25, 0.3) is 6.08 Å². The maximum Gasteiger partial charge on any atom is 0.246 e. The Labute approximate surface area is 157 Å². The minimum atomic E-state index is -0.165. The molecule has 2 rings (SSSR count). The third-order valence-corrected chi connectivity index (χ3v) is 4.19. The highest BCUT2D eigenvalue weighted by atomic mass is 35.5. The molecule has 1 N–H and O–H groups in total. The van der Waals surface area contributed by atoms with Crippen molar-refractivity contribution in [2.24, 2.45) is 0 Å².